The molecule has 0 heterocycles. The molecule has 0 aliphatic rings. The van der Waals surface area contributed by atoms with Gasteiger partial charge >= 0.3 is 0 Å². The maximum atomic E-state index is 12.6. The number of unbranched alkanes of at least 4 members (excludes halogenated alkanes) is 42. The number of aliphatic hydroxyl groups is 4. The molecule has 0 saturated heterocycles. The van der Waals surface area contributed by atoms with E-state index in [0.717, 1.165) is 38.5 Å². The molecule has 0 aromatic carbocycles. The van der Waals surface area contributed by atoms with Crippen molar-refractivity contribution in [2.45, 2.75) is 353 Å². The Morgan fingerprint density at radius 1 is 0.348 bits per heavy atom. The molecule has 0 bridgehead atoms. The number of carbonyl (C=O) groups is 1. The van der Waals surface area contributed by atoms with E-state index in [1.807, 2.05) is 0 Å². The number of hydrogen-bond donors (Lipinski definition) is 5. The van der Waals surface area contributed by atoms with Crippen LogP contribution in [0.25, 0.3) is 0 Å². The highest BCUT2D eigenvalue weighted by atomic mass is 16.3. The third-order valence-electron chi connectivity index (χ3n) is 14.6. The number of nitrogens with one attached hydrogen (secondary N) is 1. The second-order valence-corrected chi connectivity index (χ2v) is 21.4. The van der Waals surface area contributed by atoms with Crippen LogP contribution in [0.2, 0.25) is 0 Å². The lowest BCUT2D eigenvalue weighted by molar-refractivity contribution is -0.132. The van der Waals surface area contributed by atoms with Crippen molar-refractivity contribution in [3.63, 3.8) is 0 Å². The fourth-order valence-corrected chi connectivity index (χ4v) is 9.71. The van der Waals surface area contributed by atoms with Gasteiger partial charge in [0.25, 0.3) is 0 Å². The van der Waals surface area contributed by atoms with E-state index in [1.54, 1.807) is 0 Å². The summed E-state index contributed by atoms with van der Waals surface area (Å²) >= 11 is 0. The van der Waals surface area contributed by atoms with Crippen molar-refractivity contribution in [1.82, 2.24) is 5.32 Å². The second-order valence-electron chi connectivity index (χ2n) is 21.4. The number of carbonyl (C=O) groups excluding carboxylic acids is 1. The number of rotatable bonds is 57. The predicted molar refractivity (Wildman–Crippen MR) is 302 cm³/mol. The van der Waals surface area contributed by atoms with Crippen LogP contribution in [0, 0.1) is 0 Å². The first-order valence-corrected chi connectivity index (χ1v) is 30.9. The summed E-state index contributed by atoms with van der Waals surface area (Å²) in [5, 5.41) is 43.9. The van der Waals surface area contributed by atoms with Gasteiger partial charge in [-0.05, 0) is 77.0 Å². The van der Waals surface area contributed by atoms with Crippen LogP contribution in [0.3, 0.4) is 0 Å². The fourth-order valence-electron chi connectivity index (χ4n) is 9.71. The van der Waals surface area contributed by atoms with Crippen LogP contribution in [-0.2, 0) is 4.79 Å². The summed E-state index contributed by atoms with van der Waals surface area (Å²) in [5.74, 6) is -0.594. The minimum Gasteiger partial charge on any atom is -0.394 e. The lowest BCUT2D eigenvalue weighted by Crippen LogP contribution is -2.53. The van der Waals surface area contributed by atoms with E-state index in [9.17, 15) is 25.2 Å². The third-order valence-corrected chi connectivity index (χ3v) is 14.6. The summed E-state index contributed by atoms with van der Waals surface area (Å²) in [7, 11) is 0. The van der Waals surface area contributed by atoms with Gasteiger partial charge in [0.15, 0.2) is 0 Å². The van der Waals surface area contributed by atoms with Gasteiger partial charge in [-0.1, -0.05) is 288 Å². The van der Waals surface area contributed by atoms with Gasteiger partial charge in [-0.25, -0.2) is 0 Å². The average Bonchev–Trinajstić information content (AvgIpc) is 3.35. The molecular formula is C63H121NO5. The van der Waals surface area contributed by atoms with Crippen LogP contribution in [0.1, 0.15) is 328 Å². The lowest BCUT2D eigenvalue weighted by Gasteiger charge is -2.27. The van der Waals surface area contributed by atoms with Crippen LogP contribution in [-0.4, -0.2) is 57.3 Å². The molecule has 0 spiro atoms. The fraction of sp³-hybridized carbons (Fsp3) is 0.889. The maximum Gasteiger partial charge on any atom is 0.249 e. The Morgan fingerprint density at radius 3 is 0.913 bits per heavy atom. The molecule has 4 unspecified atom stereocenters. The molecule has 0 fully saturated rings. The molecule has 0 rings (SSSR count). The molecule has 0 aliphatic heterocycles. The molecule has 5 N–H and O–H groups in total. The molecule has 69 heavy (non-hydrogen) atoms. The zero-order valence-corrected chi connectivity index (χ0v) is 46.3. The Bertz CT molecular complexity index is 1090. The molecular weight excluding hydrogens is 851 g/mol. The largest absolute Gasteiger partial charge is 0.394 e. The minimum atomic E-state index is -1.29. The van der Waals surface area contributed by atoms with Crippen LogP contribution in [0.4, 0.5) is 0 Å². The van der Waals surface area contributed by atoms with Crippen LogP contribution in [0.5, 0.6) is 0 Å². The summed E-state index contributed by atoms with van der Waals surface area (Å²) < 4.78 is 0. The summed E-state index contributed by atoms with van der Waals surface area (Å²) in [4.78, 5) is 12.6. The highest BCUT2D eigenvalue weighted by molar-refractivity contribution is 5.80. The molecule has 0 saturated carbocycles. The third kappa shape index (κ3) is 51.2. The molecule has 6 nitrogen and oxygen atoms in total. The average molecular weight is 973 g/mol. The van der Waals surface area contributed by atoms with Crippen molar-refractivity contribution in [3.05, 3.63) is 36.5 Å². The predicted octanol–water partition coefficient (Wildman–Crippen LogP) is 18.4. The maximum absolute atomic E-state index is 12.6. The highest BCUT2D eigenvalue weighted by Gasteiger charge is 2.28. The summed E-state index contributed by atoms with van der Waals surface area (Å²) in [6, 6.07) is -1.01. The van der Waals surface area contributed by atoms with Gasteiger partial charge in [-0.3, -0.25) is 4.79 Å². The Labute approximate surface area is 430 Å². The Balaban J connectivity index is 3.53. The molecule has 0 radical (unpaired) electrons. The first-order valence-electron chi connectivity index (χ1n) is 30.9. The SMILES string of the molecule is CCCCCCCC/C=C/CC/C=C/CCCC(O)C(O)C(CO)NC(=O)C(O)CCCCCCCCCCCCCCCCCC/C=C\CCCCCCCCCCCCCCCCCCCC. The summed E-state index contributed by atoms with van der Waals surface area (Å²) in [6.07, 6.45) is 72.6. The van der Waals surface area contributed by atoms with Crippen molar-refractivity contribution in [2.75, 3.05) is 6.61 Å². The van der Waals surface area contributed by atoms with Crippen molar-refractivity contribution in [2.24, 2.45) is 0 Å². The van der Waals surface area contributed by atoms with Crippen LogP contribution in [0.15, 0.2) is 36.5 Å². The highest BCUT2D eigenvalue weighted by Crippen LogP contribution is 2.18. The van der Waals surface area contributed by atoms with Crippen LogP contribution < -0.4 is 5.32 Å². The van der Waals surface area contributed by atoms with Gasteiger partial charge in [0.1, 0.15) is 12.2 Å². The lowest BCUT2D eigenvalue weighted by atomic mass is 10.00. The zero-order valence-electron chi connectivity index (χ0n) is 46.3. The van der Waals surface area contributed by atoms with E-state index in [-0.39, 0.29) is 0 Å². The molecule has 6 heteroatoms. The quantitative estimate of drug-likeness (QED) is 0.0308. The molecule has 408 valence electrons. The van der Waals surface area contributed by atoms with Crippen LogP contribution >= 0.6 is 0 Å². The first-order chi connectivity index (χ1) is 34.0. The number of amides is 1. The van der Waals surface area contributed by atoms with Gasteiger partial charge < -0.3 is 25.7 Å². The summed E-state index contributed by atoms with van der Waals surface area (Å²) in [6.45, 7) is 4.05. The van der Waals surface area contributed by atoms with E-state index in [0.29, 0.717) is 19.3 Å². The Kier molecular flexibility index (Phi) is 56.2. The topological polar surface area (TPSA) is 110 Å². The minimum absolute atomic E-state index is 0.362. The van der Waals surface area contributed by atoms with Crippen molar-refractivity contribution < 1.29 is 25.2 Å². The molecule has 0 aromatic rings. The summed E-state index contributed by atoms with van der Waals surface area (Å²) in [5.41, 5.74) is 0. The van der Waals surface area contributed by atoms with Crippen molar-refractivity contribution in [1.29, 1.82) is 0 Å². The van der Waals surface area contributed by atoms with Gasteiger partial charge in [0.2, 0.25) is 5.91 Å². The zero-order chi connectivity index (χ0) is 50.2. The standard InChI is InChI=1S/C63H121NO5/c1-3-5-7-9-11-13-15-17-19-20-21-22-23-24-25-26-27-28-29-30-31-32-33-34-35-36-37-38-39-40-41-43-45-47-49-51-53-55-57-61(67)63(69)64-59(58-65)62(68)60(66)56-54-52-50-48-46-44-42-18-16-14-12-10-8-6-4-2/h18,30-31,42,48,50,59-62,65-68H,3-17,19-29,32-41,43-47,49,51-58H2,1-2H3,(H,64,69)/b31-30-,42-18+,50-48+. The van der Waals surface area contributed by atoms with E-state index in [1.165, 1.54) is 257 Å². The van der Waals surface area contributed by atoms with Crippen molar-refractivity contribution in [3.8, 4) is 0 Å². The van der Waals surface area contributed by atoms with Gasteiger partial charge in [0, 0.05) is 0 Å². The Hall–Kier alpha value is -1.47. The van der Waals surface area contributed by atoms with Gasteiger partial charge in [-0.15, -0.1) is 0 Å². The first kappa shape index (κ1) is 67.5. The normalized spacial score (nSPS) is 13.9. The van der Waals surface area contributed by atoms with Crippen molar-refractivity contribution >= 4 is 5.91 Å². The smallest absolute Gasteiger partial charge is 0.249 e. The second kappa shape index (κ2) is 57.4. The molecule has 0 aromatic heterocycles. The molecule has 1 amide bonds. The van der Waals surface area contributed by atoms with E-state index in [4.69, 9.17) is 0 Å². The Morgan fingerprint density at radius 2 is 0.609 bits per heavy atom. The number of aliphatic hydroxyl groups excluding tert-OH is 4. The van der Waals surface area contributed by atoms with Gasteiger partial charge in [0.05, 0.1) is 18.8 Å². The number of allylic oxidation sites excluding steroid dienone is 6. The van der Waals surface area contributed by atoms with E-state index < -0.39 is 36.9 Å². The molecule has 0 aliphatic carbocycles. The van der Waals surface area contributed by atoms with E-state index >= 15 is 0 Å². The van der Waals surface area contributed by atoms with Gasteiger partial charge in [-0.2, -0.15) is 0 Å². The monoisotopic (exact) mass is 972 g/mol. The number of hydrogen-bond acceptors (Lipinski definition) is 5. The van der Waals surface area contributed by atoms with E-state index in [2.05, 4.69) is 55.6 Å². The molecule has 4 atom stereocenters.